The molecule has 2 N–H and O–H groups in total. The van der Waals surface area contributed by atoms with Crippen molar-refractivity contribution in [2.45, 2.75) is 6.92 Å². The van der Waals surface area contributed by atoms with Crippen LogP contribution in [0.2, 0.25) is 0 Å². The number of nitrogen functional groups attached to an aromatic ring is 1. The molecule has 86 valence electrons. The Hall–Kier alpha value is -1.61. The number of ketones is 1. The molecule has 0 amide bonds. The summed E-state index contributed by atoms with van der Waals surface area (Å²) < 4.78 is 0.957. The molecule has 0 aliphatic rings. The van der Waals surface area contributed by atoms with E-state index in [1.165, 1.54) is 0 Å². The van der Waals surface area contributed by atoms with E-state index in [4.69, 9.17) is 5.73 Å². The summed E-state index contributed by atoms with van der Waals surface area (Å²) in [6, 6.07) is 12.7. The van der Waals surface area contributed by atoms with Gasteiger partial charge in [-0.3, -0.25) is 4.79 Å². The van der Waals surface area contributed by atoms with Crippen molar-refractivity contribution in [3.05, 3.63) is 63.6 Å². The zero-order valence-corrected chi connectivity index (χ0v) is 11.0. The molecule has 0 aliphatic heterocycles. The lowest BCUT2D eigenvalue weighted by Gasteiger charge is -2.07. The lowest BCUT2D eigenvalue weighted by atomic mass is 9.98. The van der Waals surface area contributed by atoms with Crippen LogP contribution >= 0.6 is 15.9 Å². The van der Waals surface area contributed by atoms with Gasteiger partial charge in [-0.05, 0) is 42.8 Å². The molecular formula is C14H12BrNO. The van der Waals surface area contributed by atoms with Crippen LogP contribution in [-0.2, 0) is 0 Å². The Morgan fingerprint density at radius 3 is 2.41 bits per heavy atom. The fourth-order valence-electron chi connectivity index (χ4n) is 1.66. The third-order valence-corrected chi connectivity index (χ3v) is 3.26. The number of halogens is 1. The monoisotopic (exact) mass is 289 g/mol. The van der Waals surface area contributed by atoms with Gasteiger partial charge in [-0.25, -0.2) is 0 Å². The van der Waals surface area contributed by atoms with Crippen molar-refractivity contribution >= 4 is 27.4 Å². The average molecular weight is 290 g/mol. The van der Waals surface area contributed by atoms with Gasteiger partial charge in [-0.2, -0.15) is 0 Å². The van der Waals surface area contributed by atoms with Crippen LogP contribution in [0.3, 0.4) is 0 Å². The molecule has 0 aromatic heterocycles. The van der Waals surface area contributed by atoms with E-state index in [0.717, 1.165) is 10.0 Å². The fourth-order valence-corrected chi connectivity index (χ4v) is 1.92. The SMILES string of the molecule is Cc1c(N)cccc1C(=O)c1ccc(Br)cc1. The van der Waals surface area contributed by atoms with E-state index in [1.54, 1.807) is 30.3 Å². The number of carbonyl (C=O) groups is 1. The van der Waals surface area contributed by atoms with Gasteiger partial charge in [0.2, 0.25) is 0 Å². The van der Waals surface area contributed by atoms with Gasteiger partial charge >= 0.3 is 0 Å². The molecule has 0 radical (unpaired) electrons. The Kier molecular flexibility index (Phi) is 3.29. The van der Waals surface area contributed by atoms with Crippen LogP contribution in [-0.4, -0.2) is 5.78 Å². The molecule has 3 heteroatoms. The van der Waals surface area contributed by atoms with E-state index < -0.39 is 0 Å². The van der Waals surface area contributed by atoms with Gasteiger partial charge in [0.1, 0.15) is 0 Å². The van der Waals surface area contributed by atoms with Crippen LogP contribution in [0.25, 0.3) is 0 Å². The second-order valence-electron chi connectivity index (χ2n) is 3.86. The molecular weight excluding hydrogens is 278 g/mol. The van der Waals surface area contributed by atoms with Crippen LogP contribution in [0.4, 0.5) is 5.69 Å². The second kappa shape index (κ2) is 4.72. The zero-order chi connectivity index (χ0) is 12.4. The third kappa shape index (κ3) is 2.39. The first-order chi connectivity index (χ1) is 8.09. The van der Waals surface area contributed by atoms with E-state index in [9.17, 15) is 4.79 Å². The number of hydrogen-bond acceptors (Lipinski definition) is 2. The number of nitrogens with two attached hydrogens (primary N) is 1. The van der Waals surface area contributed by atoms with Crippen molar-refractivity contribution in [3.63, 3.8) is 0 Å². The maximum Gasteiger partial charge on any atom is 0.193 e. The number of carbonyl (C=O) groups excluding carboxylic acids is 1. The van der Waals surface area contributed by atoms with Crippen molar-refractivity contribution in [2.75, 3.05) is 5.73 Å². The Morgan fingerprint density at radius 2 is 1.76 bits per heavy atom. The predicted molar refractivity (Wildman–Crippen MR) is 73.2 cm³/mol. The summed E-state index contributed by atoms with van der Waals surface area (Å²) in [5.41, 5.74) is 8.61. The molecule has 0 aliphatic carbocycles. The quantitative estimate of drug-likeness (QED) is 0.678. The highest BCUT2D eigenvalue weighted by Gasteiger charge is 2.12. The van der Waals surface area contributed by atoms with Gasteiger partial charge < -0.3 is 5.73 Å². The number of anilines is 1. The van der Waals surface area contributed by atoms with Crippen LogP contribution in [0, 0.1) is 6.92 Å². The summed E-state index contributed by atoms with van der Waals surface area (Å²) in [6.07, 6.45) is 0. The molecule has 2 rings (SSSR count). The van der Waals surface area contributed by atoms with Gasteiger partial charge in [-0.1, -0.05) is 28.1 Å². The first-order valence-corrected chi connectivity index (χ1v) is 6.04. The summed E-state index contributed by atoms with van der Waals surface area (Å²) in [5, 5.41) is 0. The predicted octanol–water partition coefficient (Wildman–Crippen LogP) is 3.57. The van der Waals surface area contributed by atoms with Gasteiger partial charge in [0, 0.05) is 21.3 Å². The minimum Gasteiger partial charge on any atom is -0.398 e. The average Bonchev–Trinajstić information content (AvgIpc) is 2.33. The van der Waals surface area contributed by atoms with E-state index >= 15 is 0 Å². The molecule has 0 heterocycles. The van der Waals surface area contributed by atoms with Gasteiger partial charge in [0.25, 0.3) is 0 Å². The maximum absolute atomic E-state index is 12.3. The van der Waals surface area contributed by atoms with Crippen LogP contribution in [0.5, 0.6) is 0 Å². The lowest BCUT2D eigenvalue weighted by Crippen LogP contribution is -2.05. The van der Waals surface area contributed by atoms with Gasteiger partial charge in [0.05, 0.1) is 0 Å². The molecule has 0 saturated heterocycles. The molecule has 0 spiro atoms. The van der Waals surface area contributed by atoms with Crippen LogP contribution < -0.4 is 5.73 Å². The summed E-state index contributed by atoms with van der Waals surface area (Å²) in [7, 11) is 0. The fraction of sp³-hybridized carbons (Fsp3) is 0.0714. The Bertz CT molecular complexity index is 561. The minimum atomic E-state index is 0.00213. The van der Waals surface area contributed by atoms with E-state index in [0.29, 0.717) is 16.8 Å². The van der Waals surface area contributed by atoms with Gasteiger partial charge in [0.15, 0.2) is 5.78 Å². The first kappa shape index (κ1) is 11.9. The van der Waals surface area contributed by atoms with Crippen molar-refractivity contribution in [1.29, 1.82) is 0 Å². The molecule has 0 bridgehead atoms. The summed E-state index contributed by atoms with van der Waals surface area (Å²) in [5.74, 6) is 0.00213. The number of benzene rings is 2. The number of hydrogen-bond donors (Lipinski definition) is 1. The maximum atomic E-state index is 12.3. The highest BCUT2D eigenvalue weighted by molar-refractivity contribution is 9.10. The minimum absolute atomic E-state index is 0.00213. The third-order valence-electron chi connectivity index (χ3n) is 2.73. The molecule has 0 atom stereocenters. The number of rotatable bonds is 2. The Labute approximate surface area is 109 Å². The molecule has 0 unspecified atom stereocenters. The summed E-state index contributed by atoms with van der Waals surface area (Å²) >= 11 is 3.35. The first-order valence-electron chi connectivity index (χ1n) is 5.25. The lowest BCUT2D eigenvalue weighted by molar-refractivity contribution is 0.103. The van der Waals surface area contributed by atoms with Crippen molar-refractivity contribution < 1.29 is 4.79 Å². The molecule has 0 saturated carbocycles. The normalized spacial score (nSPS) is 10.2. The highest BCUT2D eigenvalue weighted by atomic mass is 79.9. The molecule has 17 heavy (non-hydrogen) atoms. The molecule has 2 aromatic carbocycles. The van der Waals surface area contributed by atoms with Crippen LogP contribution in [0.15, 0.2) is 46.9 Å². The van der Waals surface area contributed by atoms with E-state index in [2.05, 4.69) is 15.9 Å². The Balaban J connectivity index is 2.44. The van der Waals surface area contributed by atoms with Crippen LogP contribution in [0.1, 0.15) is 21.5 Å². The summed E-state index contributed by atoms with van der Waals surface area (Å²) in [4.78, 5) is 12.3. The molecule has 2 aromatic rings. The second-order valence-corrected chi connectivity index (χ2v) is 4.77. The Morgan fingerprint density at radius 1 is 1.12 bits per heavy atom. The van der Waals surface area contributed by atoms with Gasteiger partial charge in [-0.15, -0.1) is 0 Å². The topological polar surface area (TPSA) is 43.1 Å². The zero-order valence-electron chi connectivity index (χ0n) is 9.41. The smallest absolute Gasteiger partial charge is 0.193 e. The summed E-state index contributed by atoms with van der Waals surface area (Å²) in [6.45, 7) is 1.86. The van der Waals surface area contributed by atoms with Crippen molar-refractivity contribution in [3.8, 4) is 0 Å². The molecule has 2 nitrogen and oxygen atoms in total. The largest absolute Gasteiger partial charge is 0.398 e. The van der Waals surface area contributed by atoms with E-state index in [1.807, 2.05) is 19.1 Å². The standard InChI is InChI=1S/C14H12BrNO/c1-9-12(3-2-4-13(9)16)14(17)10-5-7-11(15)8-6-10/h2-8H,16H2,1H3. The van der Waals surface area contributed by atoms with Crippen molar-refractivity contribution in [2.24, 2.45) is 0 Å². The van der Waals surface area contributed by atoms with Crippen molar-refractivity contribution in [1.82, 2.24) is 0 Å². The highest BCUT2D eigenvalue weighted by Crippen LogP contribution is 2.20. The van der Waals surface area contributed by atoms with E-state index in [-0.39, 0.29) is 5.78 Å². The molecule has 0 fully saturated rings.